The Kier molecular flexibility index (Phi) is 8.52. The van der Waals surface area contributed by atoms with E-state index in [1.54, 1.807) is 6.92 Å². The minimum Gasteiger partial charge on any atom is -0.462 e. The molecule has 0 radical (unpaired) electrons. The summed E-state index contributed by atoms with van der Waals surface area (Å²) in [4.78, 5) is 30.0. The van der Waals surface area contributed by atoms with Crippen LogP contribution in [0.2, 0.25) is 0 Å². The van der Waals surface area contributed by atoms with Gasteiger partial charge in [-0.15, -0.1) is 11.3 Å². The van der Waals surface area contributed by atoms with Gasteiger partial charge in [-0.2, -0.15) is 0 Å². The zero-order chi connectivity index (χ0) is 24.6. The van der Waals surface area contributed by atoms with E-state index in [1.807, 2.05) is 42.6 Å². The zero-order valence-electron chi connectivity index (χ0n) is 20.2. The van der Waals surface area contributed by atoms with Crippen LogP contribution in [-0.4, -0.2) is 67.6 Å². The molecule has 35 heavy (non-hydrogen) atoms. The standard InChI is InChI=1S/C27H31N3O4S/c1-3-33-27(32)25-22(23-12-11-20(2)34-23)19-35-26(25)28-24(31)18-30-16-14-29(15-17-30)13-7-10-21-8-5-4-6-9-21/h4-12,19H,3,13-18H2,1-2H3,(H,28,31)/b10-7+. The number of ether oxygens (including phenoxy) is 1. The van der Waals surface area contributed by atoms with Gasteiger partial charge in [0.05, 0.1) is 13.2 Å². The first-order valence-corrected chi connectivity index (χ1v) is 12.7. The van der Waals surface area contributed by atoms with Gasteiger partial charge in [0.15, 0.2) is 0 Å². The zero-order valence-corrected chi connectivity index (χ0v) is 21.0. The fourth-order valence-electron chi connectivity index (χ4n) is 4.02. The van der Waals surface area contributed by atoms with Gasteiger partial charge in [-0.3, -0.25) is 14.6 Å². The summed E-state index contributed by atoms with van der Waals surface area (Å²) in [6, 6.07) is 13.9. The number of esters is 1. The first kappa shape index (κ1) is 24.9. The average Bonchev–Trinajstić information content (AvgIpc) is 3.47. The molecule has 0 spiro atoms. The van der Waals surface area contributed by atoms with E-state index >= 15 is 0 Å². The maximum atomic E-state index is 12.8. The van der Waals surface area contributed by atoms with Gasteiger partial charge in [0.2, 0.25) is 5.91 Å². The van der Waals surface area contributed by atoms with Crippen molar-refractivity contribution >= 4 is 34.3 Å². The molecule has 0 bridgehead atoms. The second kappa shape index (κ2) is 12.0. The summed E-state index contributed by atoms with van der Waals surface area (Å²) in [7, 11) is 0. The van der Waals surface area contributed by atoms with Crippen LogP contribution in [0.15, 0.2) is 58.3 Å². The Hall–Kier alpha value is -3.20. The van der Waals surface area contributed by atoms with Crippen LogP contribution in [-0.2, 0) is 9.53 Å². The van der Waals surface area contributed by atoms with E-state index in [9.17, 15) is 9.59 Å². The van der Waals surface area contributed by atoms with Crippen molar-refractivity contribution < 1.29 is 18.7 Å². The highest BCUT2D eigenvalue weighted by Crippen LogP contribution is 2.37. The number of nitrogens with zero attached hydrogens (tertiary/aromatic N) is 2. The molecule has 7 nitrogen and oxygen atoms in total. The Morgan fingerprint density at radius 2 is 1.83 bits per heavy atom. The molecular formula is C27H31N3O4S. The molecule has 1 saturated heterocycles. The number of hydrogen-bond donors (Lipinski definition) is 1. The third-order valence-electron chi connectivity index (χ3n) is 5.83. The van der Waals surface area contributed by atoms with Gasteiger partial charge in [-0.1, -0.05) is 42.5 Å². The highest BCUT2D eigenvalue weighted by Gasteiger charge is 2.25. The predicted octanol–water partition coefficient (Wildman–Crippen LogP) is 4.76. The second-order valence-electron chi connectivity index (χ2n) is 8.42. The van der Waals surface area contributed by atoms with Crippen molar-refractivity contribution in [2.24, 2.45) is 0 Å². The van der Waals surface area contributed by atoms with Gasteiger partial charge < -0.3 is 14.5 Å². The number of furan rings is 1. The number of amides is 1. The van der Waals surface area contributed by atoms with Gasteiger partial charge in [0.1, 0.15) is 22.1 Å². The predicted molar refractivity (Wildman–Crippen MR) is 140 cm³/mol. The fourth-order valence-corrected chi connectivity index (χ4v) is 4.97. The van der Waals surface area contributed by atoms with Crippen molar-refractivity contribution in [3.8, 4) is 11.3 Å². The Morgan fingerprint density at radius 3 is 2.51 bits per heavy atom. The van der Waals surface area contributed by atoms with Gasteiger partial charge in [0, 0.05) is 43.7 Å². The van der Waals surface area contributed by atoms with Crippen LogP contribution in [0.5, 0.6) is 0 Å². The molecule has 1 N–H and O–H groups in total. The maximum Gasteiger partial charge on any atom is 0.341 e. The van der Waals surface area contributed by atoms with Gasteiger partial charge >= 0.3 is 5.97 Å². The molecule has 1 amide bonds. The van der Waals surface area contributed by atoms with Crippen LogP contribution >= 0.6 is 11.3 Å². The quantitative estimate of drug-likeness (QED) is 0.433. The Balaban J connectivity index is 1.31. The Bertz CT molecular complexity index is 1160. The molecule has 0 aliphatic carbocycles. The largest absolute Gasteiger partial charge is 0.462 e. The highest BCUT2D eigenvalue weighted by molar-refractivity contribution is 7.15. The van der Waals surface area contributed by atoms with Gasteiger partial charge in [-0.25, -0.2) is 4.79 Å². The van der Waals surface area contributed by atoms with Crippen LogP contribution in [0.4, 0.5) is 5.00 Å². The van der Waals surface area contributed by atoms with E-state index in [0.29, 0.717) is 21.9 Å². The number of hydrogen-bond acceptors (Lipinski definition) is 7. The van der Waals surface area contributed by atoms with Gasteiger partial charge in [-0.05, 0) is 31.5 Å². The van der Waals surface area contributed by atoms with Crippen molar-refractivity contribution in [1.82, 2.24) is 9.80 Å². The molecule has 2 aromatic heterocycles. The average molecular weight is 494 g/mol. The fraction of sp³-hybridized carbons (Fsp3) is 0.333. The number of benzene rings is 1. The van der Waals surface area contributed by atoms with Crippen LogP contribution in [0, 0.1) is 6.92 Å². The number of carbonyl (C=O) groups excluding carboxylic acids is 2. The number of anilines is 1. The summed E-state index contributed by atoms with van der Waals surface area (Å²) < 4.78 is 11.0. The van der Waals surface area contributed by atoms with E-state index in [0.717, 1.165) is 38.5 Å². The topological polar surface area (TPSA) is 75.0 Å². The van der Waals surface area contributed by atoms with Crippen molar-refractivity contribution in [2.75, 3.05) is 51.2 Å². The Labute approximate surface area is 210 Å². The van der Waals surface area contributed by atoms with E-state index in [-0.39, 0.29) is 19.1 Å². The molecule has 0 unspecified atom stereocenters. The van der Waals surface area contributed by atoms with Crippen molar-refractivity contribution in [3.63, 3.8) is 0 Å². The Morgan fingerprint density at radius 1 is 1.09 bits per heavy atom. The number of rotatable bonds is 9. The summed E-state index contributed by atoms with van der Waals surface area (Å²) in [5, 5.41) is 5.24. The lowest BCUT2D eigenvalue weighted by Crippen LogP contribution is -2.48. The monoisotopic (exact) mass is 493 g/mol. The molecule has 184 valence electrons. The highest BCUT2D eigenvalue weighted by atomic mass is 32.1. The van der Waals surface area contributed by atoms with Crippen LogP contribution in [0.1, 0.15) is 28.6 Å². The summed E-state index contributed by atoms with van der Waals surface area (Å²) in [5.74, 6) is 0.725. The lowest BCUT2D eigenvalue weighted by molar-refractivity contribution is -0.117. The van der Waals surface area contributed by atoms with Crippen molar-refractivity contribution in [2.45, 2.75) is 13.8 Å². The molecular weight excluding hydrogens is 462 g/mol. The number of nitrogens with one attached hydrogen (secondary N) is 1. The first-order chi connectivity index (χ1) is 17.0. The normalized spacial score (nSPS) is 14.9. The number of piperazine rings is 1. The minimum absolute atomic E-state index is 0.142. The summed E-state index contributed by atoms with van der Waals surface area (Å²) in [5.41, 5.74) is 2.17. The lowest BCUT2D eigenvalue weighted by Gasteiger charge is -2.33. The van der Waals surface area contributed by atoms with E-state index < -0.39 is 5.97 Å². The van der Waals surface area contributed by atoms with Crippen molar-refractivity contribution in [1.29, 1.82) is 0 Å². The number of thiophene rings is 1. The molecule has 1 aromatic carbocycles. The molecule has 1 aliphatic heterocycles. The van der Waals surface area contributed by atoms with Crippen LogP contribution < -0.4 is 5.32 Å². The second-order valence-corrected chi connectivity index (χ2v) is 9.30. The smallest absolute Gasteiger partial charge is 0.341 e. The third-order valence-corrected chi connectivity index (χ3v) is 6.73. The van der Waals surface area contributed by atoms with E-state index in [1.165, 1.54) is 16.9 Å². The number of carbonyl (C=O) groups is 2. The third kappa shape index (κ3) is 6.69. The number of aryl methyl sites for hydroxylation is 1. The minimum atomic E-state index is -0.467. The molecule has 8 heteroatoms. The lowest BCUT2D eigenvalue weighted by atomic mass is 10.1. The summed E-state index contributed by atoms with van der Waals surface area (Å²) >= 11 is 1.31. The summed E-state index contributed by atoms with van der Waals surface area (Å²) in [6.45, 7) is 8.48. The molecule has 0 atom stereocenters. The van der Waals surface area contributed by atoms with Crippen LogP contribution in [0.25, 0.3) is 17.4 Å². The summed E-state index contributed by atoms with van der Waals surface area (Å²) in [6.07, 6.45) is 4.32. The van der Waals surface area contributed by atoms with Crippen molar-refractivity contribution in [3.05, 3.63) is 70.8 Å². The molecule has 3 heterocycles. The molecule has 4 rings (SSSR count). The molecule has 3 aromatic rings. The molecule has 0 saturated carbocycles. The first-order valence-electron chi connectivity index (χ1n) is 11.8. The van der Waals surface area contributed by atoms with E-state index in [4.69, 9.17) is 9.15 Å². The maximum absolute atomic E-state index is 12.8. The van der Waals surface area contributed by atoms with E-state index in [2.05, 4.69) is 39.4 Å². The van der Waals surface area contributed by atoms with Gasteiger partial charge in [0.25, 0.3) is 0 Å². The SMILES string of the molecule is CCOC(=O)c1c(-c2ccc(C)o2)csc1NC(=O)CN1CCN(C/C=C/c2ccccc2)CC1. The van der Waals surface area contributed by atoms with Crippen LogP contribution in [0.3, 0.4) is 0 Å². The molecule has 1 aliphatic rings. The molecule has 1 fully saturated rings.